The van der Waals surface area contributed by atoms with E-state index in [0.717, 1.165) is 49.7 Å². The second kappa shape index (κ2) is 8.41. The number of benzene rings is 2. The Labute approximate surface area is 167 Å². The minimum absolute atomic E-state index is 0.524. The summed E-state index contributed by atoms with van der Waals surface area (Å²) in [5, 5.41) is 10.8. The number of piperazine rings is 1. The zero-order valence-electron chi connectivity index (χ0n) is 16.9. The third kappa shape index (κ3) is 4.10. The quantitative estimate of drug-likeness (QED) is 0.879. The minimum atomic E-state index is -0.524. The summed E-state index contributed by atoms with van der Waals surface area (Å²) in [6.07, 6.45) is 0.362. The first-order chi connectivity index (χ1) is 13.6. The van der Waals surface area contributed by atoms with Gasteiger partial charge in [0.25, 0.3) is 0 Å². The Morgan fingerprint density at radius 3 is 2.50 bits per heavy atom. The van der Waals surface area contributed by atoms with Gasteiger partial charge >= 0.3 is 0 Å². The fraction of sp³-hybridized carbons (Fsp3) is 0.478. The maximum atomic E-state index is 10.8. The Balaban J connectivity index is 1.36. The molecule has 0 unspecified atom stereocenters. The van der Waals surface area contributed by atoms with Crippen molar-refractivity contribution in [3.63, 3.8) is 0 Å². The van der Waals surface area contributed by atoms with Gasteiger partial charge in [-0.2, -0.15) is 0 Å². The van der Waals surface area contributed by atoms with Gasteiger partial charge in [-0.05, 0) is 48.7 Å². The molecule has 0 aromatic heterocycles. The largest absolute Gasteiger partial charge is 0.490 e. The van der Waals surface area contributed by atoms with E-state index >= 15 is 0 Å². The smallest absolute Gasteiger partial charge is 0.161 e. The molecule has 0 saturated carbocycles. The number of hydrogen-bond donors (Lipinski definition) is 1. The molecule has 2 aliphatic rings. The highest BCUT2D eigenvalue weighted by Crippen LogP contribution is 2.32. The predicted octanol–water partition coefficient (Wildman–Crippen LogP) is 3.32. The Bertz CT molecular complexity index is 815. The molecule has 1 N–H and O–H groups in total. The van der Waals surface area contributed by atoms with Crippen LogP contribution in [0.25, 0.3) is 0 Å². The molecule has 0 bridgehead atoms. The lowest BCUT2D eigenvalue weighted by Gasteiger charge is -2.37. The predicted molar refractivity (Wildman–Crippen MR) is 112 cm³/mol. The van der Waals surface area contributed by atoms with Gasteiger partial charge in [0.2, 0.25) is 0 Å². The van der Waals surface area contributed by atoms with Crippen molar-refractivity contribution in [3.05, 3.63) is 53.1 Å². The molecule has 5 nitrogen and oxygen atoms in total. The second-order valence-corrected chi connectivity index (χ2v) is 7.78. The van der Waals surface area contributed by atoms with E-state index in [2.05, 4.69) is 41.8 Å². The van der Waals surface area contributed by atoms with Crippen LogP contribution in [-0.4, -0.2) is 55.9 Å². The summed E-state index contributed by atoms with van der Waals surface area (Å²) in [6, 6.07) is 12.3. The maximum Gasteiger partial charge on any atom is 0.161 e. The van der Waals surface area contributed by atoms with Crippen molar-refractivity contribution in [1.29, 1.82) is 0 Å². The average molecular weight is 383 g/mol. The maximum absolute atomic E-state index is 10.8. The minimum Gasteiger partial charge on any atom is -0.490 e. The van der Waals surface area contributed by atoms with Crippen molar-refractivity contribution in [2.45, 2.75) is 26.4 Å². The van der Waals surface area contributed by atoms with Crippen LogP contribution in [0.1, 0.15) is 29.2 Å². The number of β-amino-alcohol motifs (C(OH)–C–C–N with tert-alkyl or cyclic N) is 1. The standard InChI is InChI=1S/C23H30N2O3/c1-17-5-3-6-20(18(17)2)25-11-9-24(10-12-25)16-21(26)19-7-8-22-23(15-19)28-14-4-13-27-22/h3,5-8,15,21,26H,4,9-14,16H2,1-2H3/t21-/m1/s1. The summed E-state index contributed by atoms with van der Waals surface area (Å²) in [5.74, 6) is 1.52. The van der Waals surface area contributed by atoms with E-state index < -0.39 is 6.10 Å². The lowest BCUT2D eigenvalue weighted by Crippen LogP contribution is -2.47. The van der Waals surface area contributed by atoms with Crippen LogP contribution < -0.4 is 14.4 Å². The normalized spacial score (nSPS) is 18.6. The molecule has 5 heteroatoms. The summed E-state index contributed by atoms with van der Waals surface area (Å²) in [5.41, 5.74) is 4.93. The molecule has 0 aliphatic carbocycles. The molecule has 0 radical (unpaired) electrons. The number of nitrogens with zero attached hydrogens (tertiary/aromatic N) is 2. The molecule has 2 aromatic rings. The number of aliphatic hydroxyl groups is 1. The molecule has 2 aromatic carbocycles. The summed E-state index contributed by atoms with van der Waals surface area (Å²) in [4.78, 5) is 4.80. The molecular formula is C23H30N2O3. The number of hydrogen-bond acceptors (Lipinski definition) is 5. The van der Waals surface area contributed by atoms with Gasteiger partial charge in [-0.1, -0.05) is 18.2 Å². The van der Waals surface area contributed by atoms with Crippen molar-refractivity contribution in [2.24, 2.45) is 0 Å². The molecule has 1 saturated heterocycles. The van der Waals surface area contributed by atoms with Crippen molar-refractivity contribution in [1.82, 2.24) is 4.90 Å². The van der Waals surface area contributed by atoms with Gasteiger partial charge in [-0.25, -0.2) is 0 Å². The Kier molecular flexibility index (Phi) is 5.74. The first-order valence-electron chi connectivity index (χ1n) is 10.2. The van der Waals surface area contributed by atoms with Gasteiger partial charge in [0.05, 0.1) is 19.3 Å². The number of fused-ring (bicyclic) bond motifs is 1. The third-order valence-corrected chi connectivity index (χ3v) is 5.88. The van der Waals surface area contributed by atoms with Crippen LogP contribution in [-0.2, 0) is 0 Å². The van der Waals surface area contributed by atoms with E-state index in [1.54, 1.807) is 0 Å². The van der Waals surface area contributed by atoms with Gasteiger partial charge in [0.15, 0.2) is 11.5 Å². The van der Waals surface area contributed by atoms with Crippen molar-refractivity contribution in [2.75, 3.05) is 50.8 Å². The summed E-state index contributed by atoms with van der Waals surface area (Å²) in [6.45, 7) is 10.2. The van der Waals surface area contributed by atoms with E-state index in [1.807, 2.05) is 18.2 Å². The lowest BCUT2D eigenvalue weighted by atomic mass is 10.1. The second-order valence-electron chi connectivity index (χ2n) is 7.78. The zero-order valence-corrected chi connectivity index (χ0v) is 16.9. The van der Waals surface area contributed by atoms with Crippen LogP contribution in [0.15, 0.2) is 36.4 Å². The number of anilines is 1. The van der Waals surface area contributed by atoms with E-state index in [1.165, 1.54) is 16.8 Å². The van der Waals surface area contributed by atoms with Gasteiger partial charge in [-0.3, -0.25) is 4.90 Å². The fourth-order valence-corrected chi connectivity index (χ4v) is 3.99. The molecule has 0 amide bonds. The van der Waals surface area contributed by atoms with Gasteiger partial charge in [-0.15, -0.1) is 0 Å². The average Bonchev–Trinajstić information content (AvgIpc) is 2.95. The van der Waals surface area contributed by atoms with Gasteiger partial charge in [0.1, 0.15) is 0 Å². The van der Waals surface area contributed by atoms with Crippen LogP contribution >= 0.6 is 0 Å². The molecular weight excluding hydrogens is 352 g/mol. The van der Waals surface area contributed by atoms with Gasteiger partial charge < -0.3 is 19.5 Å². The van der Waals surface area contributed by atoms with E-state index in [4.69, 9.17) is 9.47 Å². The third-order valence-electron chi connectivity index (χ3n) is 5.88. The van der Waals surface area contributed by atoms with Gasteiger partial charge in [0, 0.05) is 44.8 Å². The number of aliphatic hydroxyl groups excluding tert-OH is 1. The van der Waals surface area contributed by atoms with Crippen LogP contribution in [0.5, 0.6) is 11.5 Å². The highest BCUT2D eigenvalue weighted by molar-refractivity contribution is 5.56. The molecule has 2 heterocycles. The van der Waals surface area contributed by atoms with Crippen LogP contribution in [0.4, 0.5) is 5.69 Å². The van der Waals surface area contributed by atoms with Crippen molar-refractivity contribution < 1.29 is 14.6 Å². The number of rotatable bonds is 4. The Hall–Kier alpha value is -2.24. The van der Waals surface area contributed by atoms with E-state index in [-0.39, 0.29) is 0 Å². The van der Waals surface area contributed by atoms with Crippen LogP contribution in [0.3, 0.4) is 0 Å². The first kappa shape index (κ1) is 19.1. The molecule has 0 spiro atoms. The Morgan fingerprint density at radius 2 is 1.71 bits per heavy atom. The van der Waals surface area contributed by atoms with Crippen LogP contribution in [0, 0.1) is 13.8 Å². The molecule has 1 fully saturated rings. The number of aryl methyl sites for hydroxylation is 1. The monoisotopic (exact) mass is 382 g/mol. The fourth-order valence-electron chi connectivity index (χ4n) is 3.99. The summed E-state index contributed by atoms with van der Waals surface area (Å²) < 4.78 is 11.4. The lowest BCUT2D eigenvalue weighted by molar-refractivity contribution is 0.109. The molecule has 4 rings (SSSR count). The Morgan fingerprint density at radius 1 is 0.964 bits per heavy atom. The topological polar surface area (TPSA) is 45.2 Å². The number of ether oxygens (including phenoxy) is 2. The highest BCUT2D eigenvalue weighted by atomic mass is 16.5. The van der Waals surface area contributed by atoms with E-state index in [9.17, 15) is 5.11 Å². The SMILES string of the molecule is Cc1cccc(N2CCN(C[C@@H](O)c3ccc4c(c3)OCCCO4)CC2)c1C. The molecule has 28 heavy (non-hydrogen) atoms. The van der Waals surface area contributed by atoms with Crippen molar-refractivity contribution >= 4 is 5.69 Å². The zero-order chi connectivity index (χ0) is 19.5. The first-order valence-corrected chi connectivity index (χ1v) is 10.2. The molecule has 1 atom stereocenters. The van der Waals surface area contributed by atoms with Crippen molar-refractivity contribution in [3.8, 4) is 11.5 Å². The summed E-state index contributed by atoms with van der Waals surface area (Å²) in [7, 11) is 0. The summed E-state index contributed by atoms with van der Waals surface area (Å²) >= 11 is 0. The van der Waals surface area contributed by atoms with Crippen LogP contribution in [0.2, 0.25) is 0 Å². The van der Waals surface area contributed by atoms with E-state index in [0.29, 0.717) is 19.8 Å². The molecule has 150 valence electrons. The molecule has 2 aliphatic heterocycles. The highest BCUT2D eigenvalue weighted by Gasteiger charge is 2.22.